The number of amides is 1. The summed E-state index contributed by atoms with van der Waals surface area (Å²) < 4.78 is 7.20. The third kappa shape index (κ3) is 4.03. The van der Waals surface area contributed by atoms with Crippen LogP contribution in [0.2, 0.25) is 0 Å². The van der Waals surface area contributed by atoms with Crippen LogP contribution in [0, 0.1) is 5.41 Å². The molecule has 6 heteroatoms. The summed E-state index contributed by atoms with van der Waals surface area (Å²) in [7, 11) is 1.64. The minimum Gasteiger partial charge on any atom is -0.497 e. The first-order valence-corrected chi connectivity index (χ1v) is 10.9. The molecule has 1 saturated heterocycles. The topological polar surface area (TPSA) is 64.4 Å². The number of fused-ring (bicyclic) bond motifs is 1. The summed E-state index contributed by atoms with van der Waals surface area (Å²) in [6.45, 7) is 8.79. The number of benzene rings is 1. The zero-order valence-corrected chi connectivity index (χ0v) is 19.1. The smallest absolute Gasteiger partial charge is 0.247 e. The zero-order valence-electron chi connectivity index (χ0n) is 19.1. The van der Waals surface area contributed by atoms with Crippen LogP contribution in [0.3, 0.4) is 0 Å². The highest BCUT2D eigenvalue weighted by Gasteiger charge is 2.41. The lowest BCUT2D eigenvalue weighted by Gasteiger charge is -2.30. The lowest BCUT2D eigenvalue weighted by Crippen LogP contribution is -2.32. The lowest BCUT2D eigenvalue weighted by molar-refractivity contribution is -0.127. The van der Waals surface area contributed by atoms with E-state index in [1.165, 1.54) is 0 Å². The largest absolute Gasteiger partial charge is 0.497 e. The molecule has 1 aliphatic carbocycles. The first-order chi connectivity index (χ1) is 14.7. The van der Waals surface area contributed by atoms with Crippen LogP contribution < -0.4 is 4.74 Å². The van der Waals surface area contributed by atoms with Crippen LogP contribution in [0.25, 0.3) is 5.69 Å². The van der Waals surface area contributed by atoms with Crippen molar-refractivity contribution in [1.29, 1.82) is 0 Å². The summed E-state index contributed by atoms with van der Waals surface area (Å²) in [5.41, 5.74) is 4.16. The average molecular weight is 422 g/mol. The molecule has 0 spiro atoms. The number of carbonyl (C=O) groups excluding carboxylic acids is 2. The van der Waals surface area contributed by atoms with Gasteiger partial charge in [-0.2, -0.15) is 5.10 Å². The van der Waals surface area contributed by atoms with E-state index in [0.717, 1.165) is 53.2 Å². The van der Waals surface area contributed by atoms with Gasteiger partial charge in [0.1, 0.15) is 5.75 Å². The van der Waals surface area contributed by atoms with Crippen molar-refractivity contribution in [3.05, 3.63) is 52.9 Å². The number of aromatic nitrogens is 2. The van der Waals surface area contributed by atoms with Gasteiger partial charge < -0.3 is 9.64 Å². The number of allylic oxidation sites excluding steroid dienone is 1. The molecule has 4 rings (SSSR count). The number of ether oxygens (including phenoxy) is 1. The van der Waals surface area contributed by atoms with Crippen LogP contribution in [-0.2, 0) is 11.2 Å². The van der Waals surface area contributed by atoms with E-state index >= 15 is 0 Å². The third-order valence-corrected chi connectivity index (χ3v) is 6.15. The first kappa shape index (κ1) is 21.3. The molecule has 6 nitrogen and oxygen atoms in total. The van der Waals surface area contributed by atoms with Crippen molar-refractivity contribution in [3.8, 4) is 11.4 Å². The maximum Gasteiger partial charge on any atom is 0.247 e. The Kier molecular flexibility index (Phi) is 5.50. The number of hydrogen-bond donors (Lipinski definition) is 0. The molecular formula is C25H31N3O3. The number of hydrogen-bond acceptors (Lipinski definition) is 4. The minimum absolute atomic E-state index is 0.00108. The van der Waals surface area contributed by atoms with E-state index in [0.29, 0.717) is 13.0 Å². The molecule has 1 atom stereocenters. The molecule has 0 saturated carbocycles. The average Bonchev–Trinajstić information content (AvgIpc) is 3.31. The lowest BCUT2D eigenvalue weighted by atomic mass is 9.75. The number of carbonyl (C=O) groups is 2. The van der Waals surface area contributed by atoms with E-state index in [4.69, 9.17) is 9.84 Å². The van der Waals surface area contributed by atoms with E-state index in [1.54, 1.807) is 13.2 Å². The second-order valence-electron chi connectivity index (χ2n) is 9.67. The van der Waals surface area contributed by atoms with Gasteiger partial charge in [0.25, 0.3) is 0 Å². The minimum atomic E-state index is -0.165. The number of methoxy groups -OCH3 is 1. The van der Waals surface area contributed by atoms with Gasteiger partial charge in [-0.25, -0.2) is 4.68 Å². The highest BCUT2D eigenvalue weighted by atomic mass is 16.5. The highest BCUT2D eigenvalue weighted by Crippen LogP contribution is 2.42. The summed E-state index contributed by atoms with van der Waals surface area (Å²) in [6, 6.07) is 7.56. The quantitative estimate of drug-likeness (QED) is 0.673. The molecule has 2 heterocycles. The fraction of sp³-hybridized carbons (Fsp3) is 0.480. The fourth-order valence-corrected chi connectivity index (χ4v) is 4.79. The molecule has 1 aromatic heterocycles. The predicted molar refractivity (Wildman–Crippen MR) is 120 cm³/mol. The Labute approximate surface area is 183 Å². The van der Waals surface area contributed by atoms with E-state index in [2.05, 4.69) is 13.8 Å². The Balaban J connectivity index is 1.83. The van der Waals surface area contributed by atoms with E-state index in [-0.39, 0.29) is 23.1 Å². The van der Waals surface area contributed by atoms with E-state index in [1.807, 2.05) is 47.7 Å². The summed E-state index contributed by atoms with van der Waals surface area (Å²) in [6.07, 6.45) is 4.68. The normalized spacial score (nSPS) is 19.8. The second-order valence-corrected chi connectivity index (χ2v) is 9.67. The van der Waals surface area contributed by atoms with Crippen molar-refractivity contribution in [2.75, 3.05) is 13.7 Å². The fourth-order valence-electron chi connectivity index (χ4n) is 4.79. The molecule has 0 bridgehead atoms. The van der Waals surface area contributed by atoms with Crippen molar-refractivity contribution >= 4 is 11.7 Å². The molecule has 0 radical (unpaired) electrons. The van der Waals surface area contributed by atoms with Gasteiger partial charge in [0.2, 0.25) is 5.91 Å². The predicted octanol–water partition coefficient (Wildman–Crippen LogP) is 4.67. The van der Waals surface area contributed by atoms with Gasteiger partial charge in [-0.05, 0) is 62.8 Å². The molecular weight excluding hydrogens is 390 g/mol. The molecule has 2 aliphatic rings. The number of ketones is 1. The Morgan fingerprint density at radius 2 is 1.90 bits per heavy atom. The van der Waals surface area contributed by atoms with Crippen molar-refractivity contribution in [3.63, 3.8) is 0 Å². The van der Waals surface area contributed by atoms with Crippen molar-refractivity contribution in [2.45, 2.75) is 59.4 Å². The number of likely N-dealkylation sites (tertiary alicyclic amines) is 1. The van der Waals surface area contributed by atoms with Crippen molar-refractivity contribution in [1.82, 2.24) is 14.7 Å². The van der Waals surface area contributed by atoms with Crippen LogP contribution >= 0.6 is 0 Å². The van der Waals surface area contributed by atoms with Gasteiger partial charge in [-0.3, -0.25) is 9.59 Å². The summed E-state index contributed by atoms with van der Waals surface area (Å²) in [5, 5.41) is 4.97. The number of rotatable bonds is 4. The SMILES string of the molecule is COc1ccc(-n2nc([C@@H]3CCCN3C(=O)C=C(C)C)c3c2CC(C)(C)CC3=O)cc1. The second kappa shape index (κ2) is 7.98. The van der Waals surface area contributed by atoms with Crippen LogP contribution in [0.5, 0.6) is 5.75 Å². The third-order valence-electron chi connectivity index (χ3n) is 6.15. The summed E-state index contributed by atoms with van der Waals surface area (Å²) in [5.74, 6) is 0.900. The van der Waals surface area contributed by atoms with Gasteiger partial charge in [0.15, 0.2) is 5.78 Å². The molecule has 0 N–H and O–H groups in total. The van der Waals surface area contributed by atoms with Crippen LogP contribution in [0.15, 0.2) is 35.9 Å². The molecule has 2 aromatic rings. The van der Waals surface area contributed by atoms with Crippen LogP contribution in [0.1, 0.15) is 74.7 Å². The first-order valence-electron chi connectivity index (χ1n) is 10.9. The van der Waals surface area contributed by atoms with Crippen LogP contribution in [0.4, 0.5) is 0 Å². The van der Waals surface area contributed by atoms with Gasteiger partial charge >= 0.3 is 0 Å². The summed E-state index contributed by atoms with van der Waals surface area (Å²) >= 11 is 0. The number of Topliss-reactive ketones (excluding diaryl/α,β-unsaturated/α-hetero) is 1. The van der Waals surface area contributed by atoms with Crippen molar-refractivity contribution < 1.29 is 14.3 Å². The Morgan fingerprint density at radius 1 is 1.19 bits per heavy atom. The van der Waals surface area contributed by atoms with Gasteiger partial charge in [0.05, 0.1) is 35.8 Å². The molecule has 1 fully saturated rings. The standard InChI is InChI=1S/C25H31N3O3/c1-16(2)13-22(30)27-12-6-7-19(27)24-23-20(14-25(3,4)15-21(23)29)28(26-24)17-8-10-18(31-5)11-9-17/h8-11,13,19H,6-7,12,14-15H2,1-5H3/t19-/m0/s1. The molecule has 0 unspecified atom stereocenters. The zero-order chi connectivity index (χ0) is 22.3. The van der Waals surface area contributed by atoms with Gasteiger partial charge in [-0.1, -0.05) is 19.4 Å². The molecule has 164 valence electrons. The molecule has 1 amide bonds. The molecule has 31 heavy (non-hydrogen) atoms. The molecule has 1 aliphatic heterocycles. The van der Waals surface area contributed by atoms with Crippen molar-refractivity contribution in [2.24, 2.45) is 5.41 Å². The maximum atomic E-state index is 13.3. The van der Waals surface area contributed by atoms with Gasteiger partial charge in [-0.15, -0.1) is 0 Å². The molecule has 1 aromatic carbocycles. The summed E-state index contributed by atoms with van der Waals surface area (Å²) in [4.78, 5) is 28.0. The Hall–Kier alpha value is -2.89. The monoisotopic (exact) mass is 421 g/mol. The van der Waals surface area contributed by atoms with E-state index in [9.17, 15) is 9.59 Å². The van der Waals surface area contributed by atoms with E-state index < -0.39 is 0 Å². The maximum absolute atomic E-state index is 13.3. The number of nitrogens with zero attached hydrogens (tertiary/aromatic N) is 3. The van der Waals surface area contributed by atoms with Crippen LogP contribution in [-0.4, -0.2) is 40.0 Å². The van der Waals surface area contributed by atoms with Gasteiger partial charge in [0, 0.05) is 19.0 Å². The Bertz CT molecular complexity index is 1040. The highest BCUT2D eigenvalue weighted by molar-refractivity contribution is 6.00. The Morgan fingerprint density at radius 3 is 2.55 bits per heavy atom.